The van der Waals surface area contributed by atoms with Gasteiger partial charge >= 0.3 is 11.6 Å². The van der Waals surface area contributed by atoms with Crippen LogP contribution in [0.2, 0.25) is 5.02 Å². The molecule has 1 amide bonds. The Hall–Kier alpha value is -4.10. The minimum absolute atomic E-state index is 0.139. The minimum Gasteiger partial charge on any atom is -0.489 e. The van der Waals surface area contributed by atoms with E-state index in [4.69, 9.17) is 25.5 Å². The van der Waals surface area contributed by atoms with E-state index >= 15 is 0 Å². The van der Waals surface area contributed by atoms with E-state index in [9.17, 15) is 14.4 Å². The molecule has 0 bridgehead atoms. The summed E-state index contributed by atoms with van der Waals surface area (Å²) in [4.78, 5) is 37.0. The highest BCUT2D eigenvalue weighted by Gasteiger charge is 2.23. The van der Waals surface area contributed by atoms with E-state index in [1.807, 2.05) is 18.2 Å². The second kappa shape index (κ2) is 11.6. The van der Waals surface area contributed by atoms with Gasteiger partial charge < -0.3 is 19.2 Å². The Morgan fingerprint density at radius 3 is 2.47 bits per heavy atom. The summed E-state index contributed by atoms with van der Waals surface area (Å²) in [6.07, 6.45) is 0.251. The van der Waals surface area contributed by atoms with E-state index in [1.165, 1.54) is 6.07 Å². The second-order valence-electron chi connectivity index (χ2n) is 8.01. The Balaban J connectivity index is 1.44. The van der Waals surface area contributed by atoms with Crippen LogP contribution in [0.1, 0.15) is 28.4 Å². The van der Waals surface area contributed by atoms with Gasteiger partial charge in [0.25, 0.3) is 5.91 Å². The first-order valence-corrected chi connectivity index (χ1v) is 11.8. The Kier molecular flexibility index (Phi) is 8.02. The molecule has 1 heterocycles. The highest BCUT2D eigenvalue weighted by Crippen LogP contribution is 2.23. The summed E-state index contributed by atoms with van der Waals surface area (Å²) in [5.41, 5.74) is 1.88. The molecule has 1 N–H and O–H groups in total. The van der Waals surface area contributed by atoms with Gasteiger partial charge in [-0.1, -0.05) is 41.9 Å². The predicted molar refractivity (Wildman–Crippen MR) is 136 cm³/mol. The van der Waals surface area contributed by atoms with Crippen molar-refractivity contribution >= 4 is 34.4 Å². The number of carbonyl (C=O) groups excluding carboxylic acids is 2. The van der Waals surface area contributed by atoms with Gasteiger partial charge in [0, 0.05) is 34.0 Å². The molecule has 36 heavy (non-hydrogen) atoms. The van der Waals surface area contributed by atoms with E-state index in [-0.39, 0.29) is 25.5 Å². The fourth-order valence-electron chi connectivity index (χ4n) is 3.71. The van der Waals surface area contributed by atoms with Crippen molar-refractivity contribution in [1.82, 2.24) is 5.32 Å². The molecule has 0 aliphatic heterocycles. The van der Waals surface area contributed by atoms with Gasteiger partial charge in [0.05, 0.1) is 6.61 Å². The van der Waals surface area contributed by atoms with Gasteiger partial charge in [-0.2, -0.15) is 0 Å². The van der Waals surface area contributed by atoms with Gasteiger partial charge in [0.1, 0.15) is 24.0 Å². The van der Waals surface area contributed by atoms with Gasteiger partial charge in [-0.25, -0.2) is 9.59 Å². The van der Waals surface area contributed by atoms with Crippen molar-refractivity contribution in [2.75, 3.05) is 6.61 Å². The van der Waals surface area contributed by atoms with E-state index in [2.05, 4.69) is 5.32 Å². The molecule has 1 aromatic heterocycles. The van der Waals surface area contributed by atoms with Gasteiger partial charge in [-0.15, -0.1) is 0 Å². The topological polar surface area (TPSA) is 94.8 Å². The SMILES string of the molecule is CCOC(=O)C(Cc1ccc(OCc2cc(=O)oc3ccc(Cl)cc23)cc1)NC(=O)c1ccccc1. The maximum Gasteiger partial charge on any atom is 0.336 e. The van der Waals surface area contributed by atoms with Crippen LogP contribution >= 0.6 is 11.6 Å². The highest BCUT2D eigenvalue weighted by molar-refractivity contribution is 6.31. The largest absolute Gasteiger partial charge is 0.489 e. The molecule has 184 valence electrons. The molecule has 4 rings (SSSR count). The Morgan fingerprint density at radius 1 is 1.00 bits per heavy atom. The van der Waals surface area contributed by atoms with Crippen LogP contribution in [0.25, 0.3) is 11.0 Å². The lowest BCUT2D eigenvalue weighted by atomic mass is 10.0. The first-order valence-electron chi connectivity index (χ1n) is 11.4. The van der Waals surface area contributed by atoms with Crippen molar-refractivity contribution < 1.29 is 23.5 Å². The molecule has 0 aliphatic rings. The lowest BCUT2D eigenvalue weighted by Gasteiger charge is -2.18. The zero-order chi connectivity index (χ0) is 25.5. The zero-order valence-electron chi connectivity index (χ0n) is 19.5. The second-order valence-corrected chi connectivity index (χ2v) is 8.45. The normalized spacial score (nSPS) is 11.6. The average Bonchev–Trinajstić information content (AvgIpc) is 2.88. The first kappa shape index (κ1) is 25.0. The smallest absolute Gasteiger partial charge is 0.336 e. The number of esters is 1. The number of fused-ring (bicyclic) bond motifs is 1. The maximum atomic E-state index is 12.6. The van der Waals surface area contributed by atoms with Crippen molar-refractivity contribution in [2.45, 2.75) is 26.0 Å². The predicted octanol–water partition coefficient (Wildman–Crippen LogP) is 4.93. The van der Waals surface area contributed by atoms with Crippen LogP contribution in [0.5, 0.6) is 5.75 Å². The Morgan fingerprint density at radius 2 is 1.75 bits per heavy atom. The first-order chi connectivity index (χ1) is 17.4. The molecule has 4 aromatic rings. The third-order valence-electron chi connectivity index (χ3n) is 5.46. The number of halogens is 1. The van der Waals surface area contributed by atoms with Crippen LogP contribution in [-0.2, 0) is 22.6 Å². The molecule has 0 aliphatic carbocycles. The molecular formula is C28H24ClNO6. The summed E-state index contributed by atoms with van der Waals surface area (Å²) >= 11 is 6.10. The summed E-state index contributed by atoms with van der Waals surface area (Å²) in [6, 6.07) is 21.4. The van der Waals surface area contributed by atoms with Gasteiger partial charge in [-0.3, -0.25) is 4.79 Å². The molecular weight excluding hydrogens is 482 g/mol. The fraction of sp³-hybridized carbons (Fsp3) is 0.179. The molecule has 1 atom stereocenters. The van der Waals surface area contributed by atoms with Crippen LogP contribution < -0.4 is 15.7 Å². The molecule has 0 saturated carbocycles. The summed E-state index contributed by atoms with van der Waals surface area (Å²) in [5, 5.41) is 3.99. The summed E-state index contributed by atoms with van der Waals surface area (Å²) in [7, 11) is 0. The van der Waals surface area contributed by atoms with E-state index < -0.39 is 17.6 Å². The number of amides is 1. The molecule has 0 radical (unpaired) electrons. The maximum absolute atomic E-state index is 12.6. The van der Waals surface area contributed by atoms with Crippen LogP contribution in [-0.4, -0.2) is 24.5 Å². The number of carbonyl (C=O) groups is 2. The number of nitrogens with one attached hydrogen (secondary N) is 1. The number of hydrogen-bond acceptors (Lipinski definition) is 6. The number of ether oxygens (including phenoxy) is 2. The van der Waals surface area contributed by atoms with Gasteiger partial charge in [0.15, 0.2) is 0 Å². The standard InChI is InChI=1S/C28H24ClNO6/c1-2-34-28(33)24(30-27(32)19-6-4-3-5-7-19)14-18-8-11-22(12-9-18)35-17-20-15-26(31)36-25-13-10-21(29)16-23(20)25/h3-13,15-16,24H,2,14,17H2,1H3,(H,30,32). The quantitative estimate of drug-likeness (QED) is 0.256. The van der Waals surface area contributed by atoms with Gasteiger partial charge in [-0.05, 0) is 55.0 Å². The molecule has 1 unspecified atom stereocenters. The lowest BCUT2D eigenvalue weighted by Crippen LogP contribution is -2.43. The van der Waals surface area contributed by atoms with E-state index in [0.717, 1.165) is 5.56 Å². The Labute approximate surface area is 212 Å². The van der Waals surface area contributed by atoms with Crippen molar-refractivity contribution in [2.24, 2.45) is 0 Å². The summed E-state index contributed by atoms with van der Waals surface area (Å²) < 4.78 is 16.3. The molecule has 8 heteroatoms. The summed E-state index contributed by atoms with van der Waals surface area (Å²) in [5.74, 6) is -0.285. The fourth-order valence-corrected chi connectivity index (χ4v) is 3.88. The average molecular weight is 506 g/mol. The zero-order valence-corrected chi connectivity index (χ0v) is 20.3. The molecule has 7 nitrogen and oxygen atoms in total. The number of benzene rings is 3. The highest BCUT2D eigenvalue weighted by atomic mass is 35.5. The molecule has 0 saturated heterocycles. The third kappa shape index (κ3) is 6.31. The van der Waals surface area contributed by atoms with Crippen LogP contribution in [0, 0.1) is 0 Å². The lowest BCUT2D eigenvalue weighted by molar-refractivity contribution is -0.145. The monoisotopic (exact) mass is 505 g/mol. The van der Waals surface area contributed by atoms with Crippen LogP contribution in [0.15, 0.2) is 88.1 Å². The van der Waals surface area contributed by atoms with Crippen molar-refractivity contribution in [3.8, 4) is 5.75 Å². The molecule has 0 spiro atoms. The van der Waals surface area contributed by atoms with Crippen LogP contribution in [0.3, 0.4) is 0 Å². The van der Waals surface area contributed by atoms with Crippen molar-refractivity contribution in [1.29, 1.82) is 0 Å². The van der Waals surface area contributed by atoms with E-state index in [1.54, 1.807) is 61.5 Å². The summed E-state index contributed by atoms with van der Waals surface area (Å²) in [6.45, 7) is 2.06. The van der Waals surface area contributed by atoms with Crippen molar-refractivity contribution in [3.05, 3.63) is 111 Å². The Bertz CT molecular complexity index is 1420. The molecule has 3 aromatic carbocycles. The van der Waals surface area contributed by atoms with Crippen LogP contribution in [0.4, 0.5) is 0 Å². The number of rotatable bonds is 9. The van der Waals surface area contributed by atoms with Gasteiger partial charge in [0.2, 0.25) is 0 Å². The third-order valence-corrected chi connectivity index (χ3v) is 5.70. The minimum atomic E-state index is -0.843. The van der Waals surface area contributed by atoms with Crippen molar-refractivity contribution in [3.63, 3.8) is 0 Å². The number of hydrogen-bond donors (Lipinski definition) is 1. The van der Waals surface area contributed by atoms with E-state index in [0.29, 0.717) is 32.9 Å². The molecule has 0 fully saturated rings.